The van der Waals surface area contributed by atoms with Gasteiger partial charge in [-0.15, -0.1) is 0 Å². The largest absolute Gasteiger partial charge is 0.493 e. The summed E-state index contributed by atoms with van der Waals surface area (Å²) in [6, 6.07) is 6.63. The molecule has 0 bridgehead atoms. The quantitative estimate of drug-likeness (QED) is 0.857. The Balaban J connectivity index is 1.49. The minimum Gasteiger partial charge on any atom is -0.493 e. The van der Waals surface area contributed by atoms with Crippen LogP contribution in [0.2, 0.25) is 0 Å². The Morgan fingerprint density at radius 3 is 2.86 bits per heavy atom. The summed E-state index contributed by atoms with van der Waals surface area (Å²) >= 11 is 5.44. The van der Waals surface area contributed by atoms with E-state index in [0.717, 1.165) is 69.6 Å². The van der Waals surface area contributed by atoms with E-state index < -0.39 is 0 Å². The van der Waals surface area contributed by atoms with E-state index in [-0.39, 0.29) is 0 Å². The van der Waals surface area contributed by atoms with E-state index >= 15 is 0 Å². The van der Waals surface area contributed by atoms with Crippen LogP contribution in [0.1, 0.15) is 24.5 Å². The molecule has 120 valence electrons. The maximum atomic E-state index is 5.57. The Kier molecular flexibility index (Phi) is 5.16. The van der Waals surface area contributed by atoms with Gasteiger partial charge in [0.2, 0.25) is 0 Å². The molecule has 2 aliphatic rings. The molecule has 1 fully saturated rings. The molecule has 0 saturated carbocycles. The molecule has 0 amide bonds. The number of benzene rings is 1. The predicted molar refractivity (Wildman–Crippen MR) is 93.4 cm³/mol. The van der Waals surface area contributed by atoms with Gasteiger partial charge >= 0.3 is 0 Å². The van der Waals surface area contributed by atoms with Crippen molar-refractivity contribution in [3.63, 3.8) is 0 Å². The Bertz CT molecular complexity index is 527. The first-order valence-corrected chi connectivity index (χ1v) is 8.67. The molecule has 5 heteroatoms. The van der Waals surface area contributed by atoms with Crippen molar-refractivity contribution in [3.05, 3.63) is 29.3 Å². The van der Waals surface area contributed by atoms with Crippen molar-refractivity contribution >= 4 is 17.3 Å². The van der Waals surface area contributed by atoms with Crippen molar-refractivity contribution in [2.75, 3.05) is 39.3 Å². The minimum absolute atomic E-state index is 0.833. The van der Waals surface area contributed by atoms with Gasteiger partial charge in [-0.05, 0) is 35.8 Å². The molecule has 22 heavy (non-hydrogen) atoms. The standard InChI is InChI=1S/C17H25N3OS/c1-2-6-18-17(22)20-9-7-19(8-10-20)13-14-3-4-16-15(12-14)5-11-21-16/h3-4,12H,2,5-11,13H2,1H3,(H,18,22). The summed E-state index contributed by atoms with van der Waals surface area (Å²) in [4.78, 5) is 4.80. The van der Waals surface area contributed by atoms with Crippen molar-refractivity contribution in [2.24, 2.45) is 0 Å². The monoisotopic (exact) mass is 319 g/mol. The van der Waals surface area contributed by atoms with Gasteiger partial charge in [0.1, 0.15) is 5.75 Å². The Morgan fingerprint density at radius 2 is 2.09 bits per heavy atom. The fourth-order valence-corrected chi connectivity index (χ4v) is 3.33. The third-order valence-electron chi connectivity index (χ3n) is 4.35. The molecule has 0 spiro atoms. The van der Waals surface area contributed by atoms with Crippen LogP contribution in [-0.2, 0) is 13.0 Å². The van der Waals surface area contributed by atoms with Crippen LogP contribution in [0.5, 0.6) is 5.75 Å². The molecule has 0 aliphatic carbocycles. The van der Waals surface area contributed by atoms with Crippen LogP contribution in [0.15, 0.2) is 18.2 Å². The van der Waals surface area contributed by atoms with Crippen molar-refractivity contribution in [3.8, 4) is 5.75 Å². The molecule has 0 radical (unpaired) electrons. The zero-order chi connectivity index (χ0) is 15.4. The first-order valence-electron chi connectivity index (χ1n) is 8.26. The molecule has 2 aliphatic heterocycles. The molecule has 1 aromatic carbocycles. The summed E-state index contributed by atoms with van der Waals surface area (Å²) in [5, 5.41) is 4.23. The SMILES string of the molecule is CCCNC(=S)N1CCN(Cc2ccc3c(c2)CCO3)CC1. The van der Waals surface area contributed by atoms with E-state index in [1.807, 2.05) is 0 Å². The van der Waals surface area contributed by atoms with Crippen molar-refractivity contribution < 1.29 is 4.74 Å². The van der Waals surface area contributed by atoms with Gasteiger partial charge in [-0.3, -0.25) is 4.90 Å². The third-order valence-corrected chi connectivity index (χ3v) is 4.75. The van der Waals surface area contributed by atoms with Gasteiger partial charge in [-0.1, -0.05) is 19.1 Å². The van der Waals surface area contributed by atoms with Crippen LogP contribution in [0, 0.1) is 0 Å². The molecule has 4 nitrogen and oxygen atoms in total. The van der Waals surface area contributed by atoms with Gasteiger partial charge in [0, 0.05) is 45.7 Å². The van der Waals surface area contributed by atoms with Crippen LogP contribution in [0.4, 0.5) is 0 Å². The lowest BCUT2D eigenvalue weighted by molar-refractivity contribution is 0.174. The average Bonchev–Trinajstić information content (AvgIpc) is 3.01. The lowest BCUT2D eigenvalue weighted by atomic mass is 10.1. The van der Waals surface area contributed by atoms with E-state index in [1.165, 1.54) is 11.1 Å². The highest BCUT2D eigenvalue weighted by Crippen LogP contribution is 2.26. The lowest BCUT2D eigenvalue weighted by Crippen LogP contribution is -2.51. The molecule has 3 rings (SSSR count). The van der Waals surface area contributed by atoms with Gasteiger partial charge < -0.3 is 15.0 Å². The topological polar surface area (TPSA) is 27.7 Å². The smallest absolute Gasteiger partial charge is 0.169 e. The number of nitrogens with one attached hydrogen (secondary N) is 1. The summed E-state index contributed by atoms with van der Waals surface area (Å²) in [6.45, 7) is 9.16. The summed E-state index contributed by atoms with van der Waals surface area (Å²) in [5.74, 6) is 1.07. The lowest BCUT2D eigenvalue weighted by Gasteiger charge is -2.36. The predicted octanol–water partition coefficient (Wildman–Crippen LogP) is 2.02. The second-order valence-corrected chi connectivity index (χ2v) is 6.42. The number of rotatable bonds is 4. The van der Waals surface area contributed by atoms with Gasteiger partial charge in [0.25, 0.3) is 0 Å². The van der Waals surface area contributed by atoms with Crippen molar-refractivity contribution in [2.45, 2.75) is 26.3 Å². The zero-order valence-corrected chi connectivity index (χ0v) is 14.1. The number of nitrogens with zero attached hydrogens (tertiary/aromatic N) is 2. The van der Waals surface area contributed by atoms with E-state index in [9.17, 15) is 0 Å². The van der Waals surface area contributed by atoms with E-state index in [2.05, 4.69) is 40.2 Å². The van der Waals surface area contributed by atoms with Crippen LogP contribution >= 0.6 is 12.2 Å². The highest BCUT2D eigenvalue weighted by Gasteiger charge is 2.19. The highest BCUT2D eigenvalue weighted by molar-refractivity contribution is 7.80. The third kappa shape index (κ3) is 3.70. The molecule has 2 heterocycles. The average molecular weight is 319 g/mol. The number of fused-ring (bicyclic) bond motifs is 1. The van der Waals surface area contributed by atoms with Gasteiger partial charge in [-0.25, -0.2) is 0 Å². The number of piperazine rings is 1. The number of hydrogen-bond donors (Lipinski definition) is 1. The molecular weight excluding hydrogens is 294 g/mol. The van der Waals surface area contributed by atoms with Crippen LogP contribution in [0.3, 0.4) is 0 Å². The normalized spacial score (nSPS) is 18.0. The number of hydrogen-bond acceptors (Lipinski definition) is 3. The summed E-state index contributed by atoms with van der Waals surface area (Å²) in [7, 11) is 0. The van der Waals surface area contributed by atoms with E-state index in [0.29, 0.717) is 0 Å². The Morgan fingerprint density at radius 1 is 1.27 bits per heavy atom. The molecule has 0 unspecified atom stereocenters. The Hall–Kier alpha value is -1.33. The van der Waals surface area contributed by atoms with Gasteiger partial charge in [-0.2, -0.15) is 0 Å². The number of thiocarbonyl (C=S) groups is 1. The molecule has 0 aromatic heterocycles. The molecular formula is C17H25N3OS. The molecule has 1 saturated heterocycles. The van der Waals surface area contributed by atoms with Crippen LogP contribution in [-0.4, -0.2) is 54.2 Å². The molecule has 0 atom stereocenters. The van der Waals surface area contributed by atoms with Gasteiger partial charge in [0.05, 0.1) is 6.61 Å². The maximum Gasteiger partial charge on any atom is 0.169 e. The Labute approximate surface area is 138 Å². The second kappa shape index (κ2) is 7.29. The van der Waals surface area contributed by atoms with Crippen molar-refractivity contribution in [1.29, 1.82) is 0 Å². The van der Waals surface area contributed by atoms with E-state index in [4.69, 9.17) is 17.0 Å². The van der Waals surface area contributed by atoms with E-state index in [1.54, 1.807) is 0 Å². The highest BCUT2D eigenvalue weighted by atomic mass is 32.1. The zero-order valence-electron chi connectivity index (χ0n) is 13.3. The molecule has 1 aromatic rings. The van der Waals surface area contributed by atoms with Crippen molar-refractivity contribution in [1.82, 2.24) is 15.1 Å². The van der Waals surface area contributed by atoms with Crippen LogP contribution < -0.4 is 10.1 Å². The van der Waals surface area contributed by atoms with Gasteiger partial charge in [0.15, 0.2) is 5.11 Å². The van der Waals surface area contributed by atoms with Crippen LogP contribution in [0.25, 0.3) is 0 Å². The summed E-state index contributed by atoms with van der Waals surface area (Å²) < 4.78 is 5.57. The summed E-state index contributed by atoms with van der Waals surface area (Å²) in [6.07, 6.45) is 2.16. The summed E-state index contributed by atoms with van der Waals surface area (Å²) in [5.41, 5.74) is 2.76. The second-order valence-electron chi connectivity index (χ2n) is 6.04. The first-order chi connectivity index (χ1) is 10.8. The fourth-order valence-electron chi connectivity index (χ4n) is 3.05. The minimum atomic E-state index is 0.833. The first kappa shape index (κ1) is 15.6. The number of ether oxygens (including phenoxy) is 1. The maximum absolute atomic E-state index is 5.57. The fraction of sp³-hybridized carbons (Fsp3) is 0.588. The molecule has 1 N–H and O–H groups in total.